The number of benzene rings is 4. The molecule has 4 aromatic carbocycles. The summed E-state index contributed by atoms with van der Waals surface area (Å²) >= 11 is 0. The van der Waals surface area contributed by atoms with Gasteiger partial charge >= 0.3 is 0 Å². The molecule has 1 fully saturated rings. The van der Waals surface area contributed by atoms with E-state index in [1.54, 1.807) is 0 Å². The number of nitrogen functional groups attached to an aromatic ring is 2. The first kappa shape index (κ1) is 22.3. The third kappa shape index (κ3) is 4.87. The molecule has 0 unspecified atom stereocenters. The van der Waals surface area contributed by atoms with Crippen molar-refractivity contribution in [1.82, 2.24) is 0 Å². The molecule has 0 heterocycles. The SMILES string of the molecule is Nc1ccc(Cc2ccc(C3(c4ccc(Cc5ccc(N)cc5)cc4)CCCCC3)cc2)cc1. The molecule has 5 rings (SSSR count). The third-order valence-electron chi connectivity index (χ3n) is 7.50. The molecule has 1 aliphatic rings. The zero-order chi connectivity index (χ0) is 23.4. The lowest BCUT2D eigenvalue weighted by Crippen LogP contribution is -2.30. The topological polar surface area (TPSA) is 52.0 Å². The summed E-state index contributed by atoms with van der Waals surface area (Å²) in [6, 6.07) is 35.2. The lowest BCUT2D eigenvalue weighted by atomic mass is 9.65. The molecular formula is C32H34N2. The fraction of sp³-hybridized carbons (Fsp3) is 0.250. The number of hydrogen-bond acceptors (Lipinski definition) is 2. The van der Waals surface area contributed by atoms with Gasteiger partial charge in [-0.05, 0) is 83.3 Å². The highest BCUT2D eigenvalue weighted by Crippen LogP contribution is 2.45. The maximum Gasteiger partial charge on any atom is 0.0314 e. The Hall–Kier alpha value is -3.52. The van der Waals surface area contributed by atoms with Crippen LogP contribution < -0.4 is 11.5 Å². The second kappa shape index (κ2) is 9.77. The van der Waals surface area contributed by atoms with Gasteiger partial charge in [-0.1, -0.05) is 92.1 Å². The Balaban J connectivity index is 1.38. The van der Waals surface area contributed by atoms with E-state index in [2.05, 4.69) is 72.8 Å². The summed E-state index contributed by atoms with van der Waals surface area (Å²) in [5.41, 5.74) is 21.6. The van der Waals surface area contributed by atoms with E-state index < -0.39 is 0 Å². The molecule has 0 aromatic heterocycles. The molecule has 172 valence electrons. The van der Waals surface area contributed by atoms with E-state index in [0.29, 0.717) is 0 Å². The van der Waals surface area contributed by atoms with E-state index in [9.17, 15) is 0 Å². The van der Waals surface area contributed by atoms with Gasteiger partial charge in [0.25, 0.3) is 0 Å². The summed E-state index contributed by atoms with van der Waals surface area (Å²) in [7, 11) is 0. The first-order chi connectivity index (χ1) is 16.6. The Labute approximate surface area is 203 Å². The predicted molar refractivity (Wildman–Crippen MR) is 144 cm³/mol. The van der Waals surface area contributed by atoms with Gasteiger partial charge < -0.3 is 11.5 Å². The normalized spacial score (nSPS) is 15.2. The molecule has 0 amide bonds. The minimum atomic E-state index is 0.123. The molecule has 0 radical (unpaired) electrons. The summed E-state index contributed by atoms with van der Waals surface area (Å²) in [5.74, 6) is 0. The molecule has 4 aromatic rings. The highest BCUT2D eigenvalue weighted by molar-refractivity contribution is 5.45. The van der Waals surface area contributed by atoms with Gasteiger partial charge in [0, 0.05) is 16.8 Å². The standard InChI is InChI=1S/C32H34N2/c33-30-16-8-26(9-17-30)22-24-4-12-28(13-5-24)32(20-2-1-3-21-32)29-14-6-25(7-15-29)23-27-10-18-31(34)19-11-27/h4-19H,1-3,20-23,33-34H2. The second-order valence-corrected chi connectivity index (χ2v) is 9.87. The van der Waals surface area contributed by atoms with Crippen molar-refractivity contribution in [2.75, 3.05) is 11.5 Å². The molecule has 1 aliphatic carbocycles. The van der Waals surface area contributed by atoms with Crippen LogP contribution in [0.2, 0.25) is 0 Å². The maximum atomic E-state index is 5.84. The van der Waals surface area contributed by atoms with Crippen LogP contribution in [0, 0.1) is 0 Å². The molecule has 0 bridgehead atoms. The Morgan fingerprint density at radius 2 is 0.765 bits per heavy atom. The van der Waals surface area contributed by atoms with Crippen molar-refractivity contribution < 1.29 is 0 Å². The van der Waals surface area contributed by atoms with Crippen molar-refractivity contribution in [2.45, 2.75) is 50.4 Å². The minimum Gasteiger partial charge on any atom is -0.399 e. The first-order valence-corrected chi connectivity index (χ1v) is 12.5. The molecular weight excluding hydrogens is 412 g/mol. The molecule has 0 aliphatic heterocycles. The van der Waals surface area contributed by atoms with Crippen molar-refractivity contribution in [1.29, 1.82) is 0 Å². The number of rotatable bonds is 6. The Bertz CT molecular complexity index is 1110. The zero-order valence-corrected chi connectivity index (χ0v) is 19.8. The van der Waals surface area contributed by atoms with Gasteiger partial charge in [0.2, 0.25) is 0 Å². The van der Waals surface area contributed by atoms with E-state index in [1.165, 1.54) is 65.5 Å². The van der Waals surface area contributed by atoms with E-state index in [-0.39, 0.29) is 5.41 Å². The predicted octanol–water partition coefficient (Wildman–Crippen LogP) is 7.28. The Morgan fingerprint density at radius 1 is 0.441 bits per heavy atom. The van der Waals surface area contributed by atoms with Crippen LogP contribution in [0.1, 0.15) is 65.5 Å². The first-order valence-electron chi connectivity index (χ1n) is 12.5. The molecule has 34 heavy (non-hydrogen) atoms. The van der Waals surface area contributed by atoms with Crippen LogP contribution in [-0.4, -0.2) is 0 Å². The number of nitrogens with two attached hydrogens (primary N) is 2. The second-order valence-electron chi connectivity index (χ2n) is 9.87. The average Bonchev–Trinajstić information content (AvgIpc) is 2.88. The third-order valence-corrected chi connectivity index (χ3v) is 7.50. The quantitative estimate of drug-likeness (QED) is 0.306. The monoisotopic (exact) mass is 446 g/mol. The fourth-order valence-electron chi connectivity index (χ4n) is 5.52. The van der Waals surface area contributed by atoms with Gasteiger partial charge in [0.1, 0.15) is 0 Å². The summed E-state index contributed by atoms with van der Waals surface area (Å²) < 4.78 is 0. The fourth-order valence-corrected chi connectivity index (χ4v) is 5.52. The van der Waals surface area contributed by atoms with Crippen molar-refractivity contribution in [3.8, 4) is 0 Å². The van der Waals surface area contributed by atoms with E-state index in [4.69, 9.17) is 11.5 Å². The van der Waals surface area contributed by atoms with Crippen molar-refractivity contribution >= 4 is 11.4 Å². The molecule has 1 saturated carbocycles. The van der Waals surface area contributed by atoms with Crippen LogP contribution in [-0.2, 0) is 18.3 Å². The summed E-state index contributed by atoms with van der Waals surface area (Å²) in [5, 5.41) is 0. The highest BCUT2D eigenvalue weighted by Gasteiger charge is 2.35. The van der Waals surface area contributed by atoms with Crippen LogP contribution in [0.5, 0.6) is 0 Å². The Morgan fingerprint density at radius 3 is 1.12 bits per heavy atom. The summed E-state index contributed by atoms with van der Waals surface area (Å²) in [6.45, 7) is 0. The van der Waals surface area contributed by atoms with Crippen molar-refractivity contribution in [3.63, 3.8) is 0 Å². The smallest absolute Gasteiger partial charge is 0.0314 e. The number of anilines is 2. The Kier molecular flexibility index (Phi) is 6.40. The van der Waals surface area contributed by atoms with Gasteiger partial charge in [0.15, 0.2) is 0 Å². The zero-order valence-electron chi connectivity index (χ0n) is 19.8. The maximum absolute atomic E-state index is 5.84. The van der Waals surface area contributed by atoms with Crippen LogP contribution in [0.25, 0.3) is 0 Å². The molecule has 0 atom stereocenters. The summed E-state index contributed by atoms with van der Waals surface area (Å²) in [4.78, 5) is 0. The summed E-state index contributed by atoms with van der Waals surface area (Å²) in [6.07, 6.45) is 8.25. The number of hydrogen-bond donors (Lipinski definition) is 2. The van der Waals surface area contributed by atoms with Crippen molar-refractivity contribution in [3.05, 3.63) is 130 Å². The highest BCUT2D eigenvalue weighted by atomic mass is 14.5. The largest absolute Gasteiger partial charge is 0.399 e. The van der Waals surface area contributed by atoms with Gasteiger partial charge in [-0.15, -0.1) is 0 Å². The lowest BCUT2D eigenvalue weighted by Gasteiger charge is -2.39. The minimum absolute atomic E-state index is 0.123. The molecule has 0 spiro atoms. The van der Waals surface area contributed by atoms with Gasteiger partial charge in [-0.2, -0.15) is 0 Å². The van der Waals surface area contributed by atoms with Crippen LogP contribution >= 0.6 is 0 Å². The molecule has 4 N–H and O–H groups in total. The average molecular weight is 447 g/mol. The molecule has 0 saturated heterocycles. The molecule has 2 heteroatoms. The van der Waals surface area contributed by atoms with Gasteiger partial charge in [-0.3, -0.25) is 0 Å². The lowest BCUT2D eigenvalue weighted by molar-refractivity contribution is 0.346. The van der Waals surface area contributed by atoms with Crippen LogP contribution in [0.15, 0.2) is 97.1 Å². The van der Waals surface area contributed by atoms with E-state index in [1.807, 2.05) is 24.3 Å². The molecule has 2 nitrogen and oxygen atoms in total. The van der Waals surface area contributed by atoms with Crippen LogP contribution in [0.3, 0.4) is 0 Å². The van der Waals surface area contributed by atoms with E-state index in [0.717, 1.165) is 24.2 Å². The van der Waals surface area contributed by atoms with Crippen molar-refractivity contribution in [2.24, 2.45) is 0 Å². The van der Waals surface area contributed by atoms with E-state index >= 15 is 0 Å². The van der Waals surface area contributed by atoms with Crippen LogP contribution in [0.4, 0.5) is 11.4 Å². The van der Waals surface area contributed by atoms with Gasteiger partial charge in [0.05, 0.1) is 0 Å². The van der Waals surface area contributed by atoms with Gasteiger partial charge in [-0.25, -0.2) is 0 Å².